The van der Waals surface area contributed by atoms with Crippen molar-refractivity contribution in [2.45, 2.75) is 40.2 Å². The quantitative estimate of drug-likeness (QED) is 0.403. The monoisotopic (exact) mass is 342 g/mol. The Labute approximate surface area is 114 Å². The van der Waals surface area contributed by atoms with Gasteiger partial charge in [0, 0.05) is 5.54 Å². The lowest BCUT2D eigenvalue weighted by Gasteiger charge is -2.22. The Balaban J connectivity index is 0. The van der Waals surface area contributed by atoms with Gasteiger partial charge >= 0.3 is 0 Å². The number of hydrogen-bond donors (Lipinski definition) is 3. The molecule has 0 rings (SSSR count). The van der Waals surface area contributed by atoms with Crippen molar-refractivity contribution in [3.8, 4) is 0 Å². The summed E-state index contributed by atoms with van der Waals surface area (Å²) in [5, 5.41) is 3.01. The van der Waals surface area contributed by atoms with Gasteiger partial charge in [0.2, 0.25) is 5.91 Å². The molecule has 0 aromatic heterocycles. The lowest BCUT2D eigenvalue weighted by molar-refractivity contribution is -0.125. The molecule has 0 atom stereocenters. The number of nitrogens with zero attached hydrogens (tertiary/aromatic N) is 1. The molecule has 0 heterocycles. The SMILES string of the molecule is CC(C)(C)NC(N)=NCC(C)(C)C(N)=O.I. The number of primary amides is 1. The van der Waals surface area contributed by atoms with Crippen LogP contribution in [0.2, 0.25) is 0 Å². The van der Waals surface area contributed by atoms with E-state index in [1.54, 1.807) is 13.8 Å². The van der Waals surface area contributed by atoms with Crippen LogP contribution < -0.4 is 16.8 Å². The molecule has 0 unspecified atom stereocenters. The Kier molecular flexibility index (Phi) is 6.99. The predicted molar refractivity (Wildman–Crippen MR) is 77.8 cm³/mol. The number of carbonyl (C=O) groups excluding carboxylic acids is 1. The molecule has 0 aliphatic carbocycles. The van der Waals surface area contributed by atoms with E-state index in [0.717, 1.165) is 0 Å². The van der Waals surface area contributed by atoms with E-state index in [0.29, 0.717) is 5.96 Å². The summed E-state index contributed by atoms with van der Waals surface area (Å²) in [5.74, 6) is -0.0494. The third-order valence-electron chi connectivity index (χ3n) is 1.81. The van der Waals surface area contributed by atoms with Crippen LogP contribution >= 0.6 is 24.0 Å². The van der Waals surface area contributed by atoms with Gasteiger partial charge in [0.15, 0.2) is 5.96 Å². The number of nitrogens with one attached hydrogen (secondary N) is 1. The summed E-state index contributed by atoms with van der Waals surface area (Å²) in [7, 11) is 0. The van der Waals surface area contributed by atoms with E-state index in [-0.39, 0.29) is 42.0 Å². The van der Waals surface area contributed by atoms with Gasteiger partial charge in [-0.3, -0.25) is 9.79 Å². The highest BCUT2D eigenvalue weighted by Gasteiger charge is 2.24. The molecule has 6 heteroatoms. The largest absolute Gasteiger partial charge is 0.370 e. The molecule has 0 aromatic carbocycles. The molecule has 0 saturated heterocycles. The molecule has 96 valence electrons. The summed E-state index contributed by atoms with van der Waals surface area (Å²) in [4.78, 5) is 15.1. The molecular weight excluding hydrogens is 319 g/mol. The second-order valence-electron chi connectivity index (χ2n) is 5.32. The highest BCUT2D eigenvalue weighted by molar-refractivity contribution is 14.0. The standard InChI is InChI=1S/C10H22N4O.HI/c1-9(2,3)14-8(12)13-6-10(4,5)7(11)15;/h6H2,1-5H3,(H2,11,15)(H3,12,13,14);1H. The second kappa shape index (κ2) is 6.27. The first-order valence-electron chi connectivity index (χ1n) is 4.92. The number of nitrogens with two attached hydrogens (primary N) is 2. The first-order chi connectivity index (χ1) is 6.54. The summed E-state index contributed by atoms with van der Waals surface area (Å²) < 4.78 is 0. The molecule has 0 bridgehead atoms. The lowest BCUT2D eigenvalue weighted by atomic mass is 9.93. The molecular formula is C10H23IN4O. The Morgan fingerprint density at radius 2 is 1.62 bits per heavy atom. The minimum Gasteiger partial charge on any atom is -0.370 e. The van der Waals surface area contributed by atoms with Crippen molar-refractivity contribution < 1.29 is 4.79 Å². The molecule has 0 aliphatic rings. The summed E-state index contributed by atoms with van der Waals surface area (Å²) in [5.41, 5.74) is 10.1. The minimum atomic E-state index is -0.663. The fraction of sp³-hybridized carbons (Fsp3) is 0.800. The number of hydrogen-bond acceptors (Lipinski definition) is 2. The molecule has 1 amide bonds. The summed E-state index contributed by atoms with van der Waals surface area (Å²) in [6, 6.07) is 0. The predicted octanol–water partition coefficient (Wildman–Crippen LogP) is 0.819. The fourth-order valence-electron chi connectivity index (χ4n) is 0.784. The van der Waals surface area contributed by atoms with Crippen LogP contribution in [-0.2, 0) is 4.79 Å². The van der Waals surface area contributed by atoms with Gasteiger partial charge in [0.1, 0.15) is 0 Å². The third kappa shape index (κ3) is 7.72. The average Bonchev–Trinajstić information content (AvgIpc) is 1.97. The number of rotatable bonds is 3. The Morgan fingerprint density at radius 3 is 1.94 bits per heavy atom. The molecule has 16 heavy (non-hydrogen) atoms. The molecule has 0 aromatic rings. The van der Waals surface area contributed by atoms with Crippen LogP contribution in [0.1, 0.15) is 34.6 Å². The molecule has 0 saturated carbocycles. The zero-order valence-electron chi connectivity index (χ0n) is 10.6. The van der Waals surface area contributed by atoms with Crippen molar-refractivity contribution in [1.82, 2.24) is 5.32 Å². The van der Waals surface area contributed by atoms with E-state index < -0.39 is 5.41 Å². The average molecular weight is 342 g/mol. The maximum absolute atomic E-state index is 11.0. The molecule has 5 N–H and O–H groups in total. The summed E-state index contributed by atoms with van der Waals surface area (Å²) in [6.07, 6.45) is 0. The number of guanidine groups is 1. The van der Waals surface area contributed by atoms with Gasteiger partial charge < -0.3 is 16.8 Å². The van der Waals surface area contributed by atoms with Crippen molar-refractivity contribution in [2.24, 2.45) is 21.9 Å². The van der Waals surface area contributed by atoms with E-state index in [1.165, 1.54) is 0 Å². The lowest BCUT2D eigenvalue weighted by Crippen LogP contribution is -2.45. The third-order valence-corrected chi connectivity index (χ3v) is 1.81. The van der Waals surface area contributed by atoms with E-state index in [9.17, 15) is 4.79 Å². The second-order valence-corrected chi connectivity index (χ2v) is 5.32. The van der Waals surface area contributed by atoms with E-state index in [2.05, 4.69) is 10.3 Å². The van der Waals surface area contributed by atoms with Gasteiger partial charge in [-0.2, -0.15) is 0 Å². The van der Waals surface area contributed by atoms with Gasteiger partial charge in [-0.05, 0) is 34.6 Å². The van der Waals surface area contributed by atoms with Crippen molar-refractivity contribution in [2.75, 3.05) is 6.54 Å². The van der Waals surface area contributed by atoms with Crippen molar-refractivity contribution in [3.63, 3.8) is 0 Å². The zero-order chi connectivity index (χ0) is 12.3. The van der Waals surface area contributed by atoms with Crippen molar-refractivity contribution in [3.05, 3.63) is 0 Å². The normalized spacial score (nSPS) is 12.9. The van der Waals surface area contributed by atoms with Crippen molar-refractivity contribution >= 4 is 35.8 Å². The van der Waals surface area contributed by atoms with Crippen LogP contribution in [0.3, 0.4) is 0 Å². The van der Waals surface area contributed by atoms with Crippen LogP contribution in [0.4, 0.5) is 0 Å². The highest BCUT2D eigenvalue weighted by Crippen LogP contribution is 2.13. The van der Waals surface area contributed by atoms with Crippen LogP contribution in [0.5, 0.6) is 0 Å². The van der Waals surface area contributed by atoms with Crippen LogP contribution in [0.15, 0.2) is 4.99 Å². The van der Waals surface area contributed by atoms with E-state index in [4.69, 9.17) is 11.5 Å². The first-order valence-corrected chi connectivity index (χ1v) is 4.92. The Bertz CT molecular complexity index is 268. The van der Waals surface area contributed by atoms with Crippen molar-refractivity contribution in [1.29, 1.82) is 0 Å². The molecule has 5 nitrogen and oxygen atoms in total. The summed E-state index contributed by atoms with van der Waals surface area (Å²) >= 11 is 0. The van der Waals surface area contributed by atoms with E-state index in [1.807, 2.05) is 20.8 Å². The topological polar surface area (TPSA) is 93.5 Å². The Hall–Kier alpha value is -0.530. The number of halogens is 1. The first kappa shape index (κ1) is 17.9. The smallest absolute Gasteiger partial charge is 0.224 e. The molecule has 0 radical (unpaired) electrons. The van der Waals surface area contributed by atoms with Crippen LogP contribution in [0, 0.1) is 5.41 Å². The van der Waals surface area contributed by atoms with Gasteiger partial charge in [-0.25, -0.2) is 0 Å². The van der Waals surface area contributed by atoms with Gasteiger partial charge in [-0.15, -0.1) is 24.0 Å². The minimum absolute atomic E-state index is 0. The summed E-state index contributed by atoms with van der Waals surface area (Å²) in [6.45, 7) is 9.71. The van der Waals surface area contributed by atoms with Gasteiger partial charge in [0.05, 0.1) is 12.0 Å². The molecule has 0 spiro atoms. The highest BCUT2D eigenvalue weighted by atomic mass is 127. The number of carbonyl (C=O) groups is 1. The maximum atomic E-state index is 11.0. The van der Waals surface area contributed by atoms with Gasteiger partial charge in [0.25, 0.3) is 0 Å². The maximum Gasteiger partial charge on any atom is 0.224 e. The fourth-order valence-corrected chi connectivity index (χ4v) is 0.784. The molecule has 0 fully saturated rings. The van der Waals surface area contributed by atoms with E-state index >= 15 is 0 Å². The number of aliphatic imine (C=N–C) groups is 1. The Morgan fingerprint density at radius 1 is 1.19 bits per heavy atom. The van der Waals surface area contributed by atoms with Gasteiger partial charge in [-0.1, -0.05) is 0 Å². The molecule has 0 aliphatic heterocycles. The van der Waals surface area contributed by atoms with Crippen LogP contribution in [0.25, 0.3) is 0 Å². The van der Waals surface area contributed by atoms with Crippen LogP contribution in [-0.4, -0.2) is 24.0 Å². The zero-order valence-corrected chi connectivity index (χ0v) is 13.0. The number of amides is 1.